The van der Waals surface area contributed by atoms with Gasteiger partial charge in [0.2, 0.25) is 11.8 Å². The zero-order valence-electron chi connectivity index (χ0n) is 19.6. The van der Waals surface area contributed by atoms with Gasteiger partial charge in [0, 0.05) is 12.8 Å². The number of nitrogens with two attached hydrogens (primary N) is 1. The van der Waals surface area contributed by atoms with Crippen LogP contribution in [0.1, 0.15) is 27.8 Å². The second-order valence-corrected chi connectivity index (χ2v) is 8.63. The predicted molar refractivity (Wildman–Crippen MR) is 132 cm³/mol. The van der Waals surface area contributed by atoms with Crippen LogP contribution < -0.4 is 11.1 Å². The van der Waals surface area contributed by atoms with Crippen LogP contribution in [-0.2, 0) is 40.3 Å². The lowest BCUT2D eigenvalue weighted by Crippen LogP contribution is -2.56. The number of carbonyl (C=O) groups is 3. The van der Waals surface area contributed by atoms with Gasteiger partial charge in [0.15, 0.2) is 0 Å². The SMILES string of the molecule is N#Cc1ccc(C[C@H](NC(=O)[C@@H]2Cc3ccccc3CN2C(=O)OCc2ccccc2)C(N)=O)cc1. The van der Waals surface area contributed by atoms with Gasteiger partial charge in [0.1, 0.15) is 18.7 Å². The molecule has 8 nitrogen and oxygen atoms in total. The molecule has 36 heavy (non-hydrogen) atoms. The summed E-state index contributed by atoms with van der Waals surface area (Å²) in [5.41, 5.74) is 9.54. The normalized spacial score (nSPS) is 15.2. The van der Waals surface area contributed by atoms with Crippen molar-refractivity contribution in [3.05, 3.63) is 107 Å². The minimum atomic E-state index is -0.982. The van der Waals surface area contributed by atoms with E-state index >= 15 is 0 Å². The molecule has 0 aliphatic carbocycles. The van der Waals surface area contributed by atoms with E-state index in [-0.39, 0.29) is 26.0 Å². The molecule has 0 saturated heterocycles. The molecule has 3 aromatic rings. The monoisotopic (exact) mass is 482 g/mol. The fourth-order valence-electron chi connectivity index (χ4n) is 4.19. The van der Waals surface area contributed by atoms with Gasteiger partial charge in [-0.25, -0.2) is 4.79 Å². The van der Waals surface area contributed by atoms with Crippen LogP contribution in [0.4, 0.5) is 4.79 Å². The summed E-state index contributed by atoms with van der Waals surface area (Å²) in [4.78, 5) is 40.0. The highest BCUT2D eigenvalue weighted by Gasteiger charge is 2.37. The predicted octanol–water partition coefficient (Wildman–Crippen LogP) is 2.83. The van der Waals surface area contributed by atoms with Crippen molar-refractivity contribution in [1.82, 2.24) is 10.2 Å². The van der Waals surface area contributed by atoms with Gasteiger partial charge in [0.25, 0.3) is 0 Å². The molecule has 1 heterocycles. The highest BCUT2D eigenvalue weighted by Crippen LogP contribution is 2.25. The van der Waals surface area contributed by atoms with E-state index in [0.29, 0.717) is 5.56 Å². The number of fused-ring (bicyclic) bond motifs is 1. The Kier molecular flexibility index (Phi) is 7.61. The summed E-state index contributed by atoms with van der Waals surface area (Å²) in [5, 5.41) is 11.7. The number of primary amides is 1. The molecule has 0 spiro atoms. The third kappa shape index (κ3) is 5.88. The minimum Gasteiger partial charge on any atom is -0.445 e. The van der Waals surface area contributed by atoms with Crippen molar-refractivity contribution >= 4 is 17.9 Å². The summed E-state index contributed by atoms with van der Waals surface area (Å²) in [7, 11) is 0. The maximum absolute atomic E-state index is 13.4. The van der Waals surface area contributed by atoms with Gasteiger partial charge >= 0.3 is 6.09 Å². The number of nitrogens with zero attached hydrogens (tertiary/aromatic N) is 2. The summed E-state index contributed by atoms with van der Waals surface area (Å²) in [6.45, 7) is 0.285. The zero-order chi connectivity index (χ0) is 25.5. The van der Waals surface area contributed by atoms with Crippen LogP contribution in [0, 0.1) is 11.3 Å². The molecule has 0 fully saturated rings. The van der Waals surface area contributed by atoms with Crippen molar-refractivity contribution < 1.29 is 19.1 Å². The fourth-order valence-corrected chi connectivity index (χ4v) is 4.19. The van der Waals surface area contributed by atoms with Crippen molar-refractivity contribution in [3.63, 3.8) is 0 Å². The quantitative estimate of drug-likeness (QED) is 0.536. The van der Waals surface area contributed by atoms with Crippen LogP contribution in [0.3, 0.4) is 0 Å². The maximum Gasteiger partial charge on any atom is 0.411 e. The standard InChI is InChI=1S/C28H26N4O4/c29-16-20-12-10-19(11-13-20)14-24(26(30)33)31-27(34)25-15-22-8-4-5-9-23(22)17-32(25)28(35)36-18-21-6-2-1-3-7-21/h1-13,24-25H,14-15,17-18H2,(H2,30,33)(H,31,34)/t24-,25-/m0/s1. The zero-order valence-corrected chi connectivity index (χ0v) is 19.6. The lowest BCUT2D eigenvalue weighted by atomic mass is 9.93. The van der Waals surface area contributed by atoms with Crippen LogP contribution in [-0.4, -0.2) is 34.9 Å². The Morgan fingerprint density at radius 3 is 2.31 bits per heavy atom. The number of ether oxygens (including phenoxy) is 1. The van der Waals surface area contributed by atoms with Crippen molar-refractivity contribution in [3.8, 4) is 6.07 Å². The third-order valence-electron chi connectivity index (χ3n) is 6.17. The van der Waals surface area contributed by atoms with Gasteiger partial charge in [-0.05, 0) is 34.4 Å². The first kappa shape index (κ1) is 24.5. The number of hydrogen-bond donors (Lipinski definition) is 2. The second kappa shape index (κ2) is 11.2. The van der Waals surface area contributed by atoms with Crippen LogP contribution in [0.25, 0.3) is 0 Å². The molecular formula is C28H26N4O4. The summed E-state index contributed by atoms with van der Waals surface area (Å²) in [6, 6.07) is 23.8. The largest absolute Gasteiger partial charge is 0.445 e. The molecule has 8 heteroatoms. The summed E-state index contributed by atoms with van der Waals surface area (Å²) < 4.78 is 5.52. The first-order chi connectivity index (χ1) is 17.4. The van der Waals surface area contributed by atoms with Gasteiger partial charge in [0.05, 0.1) is 18.2 Å². The van der Waals surface area contributed by atoms with Gasteiger partial charge in [-0.15, -0.1) is 0 Å². The summed E-state index contributed by atoms with van der Waals surface area (Å²) in [5.74, 6) is -1.18. The second-order valence-electron chi connectivity index (χ2n) is 8.63. The number of amides is 3. The maximum atomic E-state index is 13.4. The Morgan fingerprint density at radius 2 is 1.64 bits per heavy atom. The number of benzene rings is 3. The van der Waals surface area contributed by atoms with Gasteiger partial charge in [-0.1, -0.05) is 66.7 Å². The smallest absolute Gasteiger partial charge is 0.411 e. The number of nitrogens with one attached hydrogen (secondary N) is 1. The number of carbonyl (C=O) groups excluding carboxylic acids is 3. The Balaban J connectivity index is 1.51. The van der Waals surface area contributed by atoms with Crippen molar-refractivity contribution in [2.75, 3.05) is 0 Å². The first-order valence-electron chi connectivity index (χ1n) is 11.6. The van der Waals surface area contributed by atoms with E-state index in [0.717, 1.165) is 22.3 Å². The van der Waals surface area contributed by atoms with Gasteiger partial charge in [-0.2, -0.15) is 5.26 Å². The van der Waals surface area contributed by atoms with Crippen molar-refractivity contribution in [2.45, 2.75) is 38.1 Å². The van der Waals surface area contributed by atoms with Crippen LogP contribution in [0.5, 0.6) is 0 Å². The molecule has 3 N–H and O–H groups in total. The van der Waals surface area contributed by atoms with Crippen LogP contribution in [0.2, 0.25) is 0 Å². The Morgan fingerprint density at radius 1 is 0.972 bits per heavy atom. The van der Waals surface area contributed by atoms with E-state index in [1.54, 1.807) is 24.3 Å². The molecule has 3 amide bonds. The van der Waals surface area contributed by atoms with E-state index in [1.807, 2.05) is 60.7 Å². The summed E-state index contributed by atoms with van der Waals surface area (Å²) in [6.07, 6.45) is -0.171. The van der Waals surface area contributed by atoms with Gasteiger partial charge < -0.3 is 15.8 Å². The average molecular weight is 483 g/mol. The third-order valence-corrected chi connectivity index (χ3v) is 6.17. The number of nitriles is 1. The molecule has 182 valence electrons. The number of hydrogen-bond acceptors (Lipinski definition) is 5. The molecular weight excluding hydrogens is 456 g/mol. The summed E-state index contributed by atoms with van der Waals surface area (Å²) >= 11 is 0. The molecule has 1 aliphatic rings. The molecule has 1 aliphatic heterocycles. The first-order valence-corrected chi connectivity index (χ1v) is 11.6. The highest BCUT2D eigenvalue weighted by molar-refractivity contribution is 5.91. The molecule has 0 bridgehead atoms. The number of rotatable bonds is 7. The Labute approximate surface area is 209 Å². The van der Waals surface area contributed by atoms with Crippen LogP contribution >= 0.6 is 0 Å². The van der Waals surface area contributed by atoms with Crippen molar-refractivity contribution in [1.29, 1.82) is 5.26 Å². The Bertz CT molecular complexity index is 1280. The molecule has 3 aromatic carbocycles. The molecule has 2 atom stereocenters. The topological polar surface area (TPSA) is 126 Å². The van der Waals surface area contributed by atoms with E-state index in [1.165, 1.54) is 4.90 Å². The molecule has 0 saturated carbocycles. The highest BCUT2D eigenvalue weighted by atomic mass is 16.6. The molecule has 0 aromatic heterocycles. The lowest BCUT2D eigenvalue weighted by molar-refractivity contribution is -0.131. The van der Waals surface area contributed by atoms with E-state index < -0.39 is 30.0 Å². The van der Waals surface area contributed by atoms with Crippen molar-refractivity contribution in [2.24, 2.45) is 5.73 Å². The van der Waals surface area contributed by atoms with E-state index in [4.69, 9.17) is 15.7 Å². The minimum absolute atomic E-state index is 0.0781. The fraction of sp³-hybridized carbons (Fsp3) is 0.214. The van der Waals surface area contributed by atoms with Crippen LogP contribution in [0.15, 0.2) is 78.9 Å². The molecule has 4 rings (SSSR count). The van der Waals surface area contributed by atoms with E-state index in [9.17, 15) is 14.4 Å². The lowest BCUT2D eigenvalue weighted by Gasteiger charge is -2.35. The van der Waals surface area contributed by atoms with E-state index in [2.05, 4.69) is 5.32 Å². The molecule has 0 unspecified atom stereocenters. The average Bonchev–Trinajstić information content (AvgIpc) is 2.91. The molecule has 0 radical (unpaired) electrons. The Hall–Kier alpha value is -4.64. The van der Waals surface area contributed by atoms with Gasteiger partial charge in [-0.3, -0.25) is 14.5 Å².